The first-order valence-corrected chi connectivity index (χ1v) is 15.5. The summed E-state index contributed by atoms with van der Waals surface area (Å²) in [5, 5.41) is 10.2. The van der Waals surface area contributed by atoms with Crippen LogP contribution in [0, 0.1) is 6.92 Å². The number of rotatable bonds is 6. The summed E-state index contributed by atoms with van der Waals surface area (Å²) in [4.78, 5) is 72.5. The van der Waals surface area contributed by atoms with Crippen LogP contribution in [0.2, 0.25) is 0 Å². The van der Waals surface area contributed by atoms with E-state index >= 15 is 0 Å². The summed E-state index contributed by atoms with van der Waals surface area (Å²) in [5.74, 6) is -0.223. The van der Waals surface area contributed by atoms with Crippen LogP contribution in [0.25, 0.3) is 11.0 Å². The van der Waals surface area contributed by atoms with Crippen LogP contribution in [-0.4, -0.2) is 54.4 Å². The third kappa shape index (κ3) is 4.52. The van der Waals surface area contributed by atoms with E-state index in [1.807, 2.05) is 6.08 Å². The maximum absolute atomic E-state index is 14.1. The molecule has 0 amide bonds. The van der Waals surface area contributed by atoms with Crippen molar-refractivity contribution in [1.29, 1.82) is 0 Å². The lowest BCUT2D eigenvalue weighted by Crippen LogP contribution is -2.40. The molecule has 13 heteroatoms. The summed E-state index contributed by atoms with van der Waals surface area (Å²) in [6.45, 7) is 3.31. The zero-order valence-electron chi connectivity index (χ0n) is 27.1. The van der Waals surface area contributed by atoms with Crippen LogP contribution in [0.1, 0.15) is 42.1 Å². The molecule has 4 aromatic rings. The Morgan fingerprint density at radius 3 is 2.42 bits per heavy atom. The zero-order valence-corrected chi connectivity index (χ0v) is 27.1. The lowest BCUT2D eigenvalue weighted by Gasteiger charge is -2.39. The molecule has 2 atom stereocenters. The lowest BCUT2D eigenvalue weighted by molar-refractivity contribution is -0.116. The van der Waals surface area contributed by atoms with Crippen LogP contribution in [-0.2, 0) is 36.1 Å². The van der Waals surface area contributed by atoms with Crippen molar-refractivity contribution in [2.45, 2.75) is 51.7 Å². The number of hydrogen-bond acceptors (Lipinski definition) is 9. The molecule has 0 fully saturated rings. The van der Waals surface area contributed by atoms with Gasteiger partial charge in [0.1, 0.15) is 11.4 Å². The summed E-state index contributed by atoms with van der Waals surface area (Å²) < 4.78 is 16.0. The maximum atomic E-state index is 14.1. The number of aromatic nitrogens is 5. The molecule has 0 saturated carbocycles. The number of aryl methyl sites for hydroxylation is 3. The average Bonchev–Trinajstić information content (AvgIpc) is 3.32. The Kier molecular flexibility index (Phi) is 7.22. The fourth-order valence-electron chi connectivity index (χ4n) is 7.20. The number of phenolic OH excluding ortho intramolecular Hbond substituents is 1. The molecule has 0 radical (unpaired) electrons. The van der Waals surface area contributed by atoms with Gasteiger partial charge in [-0.25, -0.2) is 28.5 Å². The Morgan fingerprint density at radius 1 is 0.979 bits per heavy atom. The number of ether oxygens (including phenoxy) is 2. The fraction of sp³-hybridized carbons (Fsp3) is 0.314. The minimum absolute atomic E-state index is 0.00282. The highest BCUT2D eigenvalue weighted by Crippen LogP contribution is 2.50. The Bertz CT molecular complexity index is 2380. The van der Waals surface area contributed by atoms with Gasteiger partial charge < -0.3 is 19.1 Å². The first kappa shape index (κ1) is 30.9. The second-order valence-corrected chi connectivity index (χ2v) is 12.3. The van der Waals surface area contributed by atoms with Crippen molar-refractivity contribution in [2.24, 2.45) is 7.05 Å². The molecule has 2 aromatic heterocycles. The largest absolute Gasteiger partial charge is 0.508 e. The van der Waals surface area contributed by atoms with Gasteiger partial charge in [-0.3, -0.25) is 14.4 Å². The molecule has 0 bridgehead atoms. The molecular weight excluding hydrogens is 618 g/mol. The van der Waals surface area contributed by atoms with Crippen LogP contribution in [0.4, 0.5) is 0 Å². The van der Waals surface area contributed by atoms with Gasteiger partial charge in [0.2, 0.25) is 0 Å². The molecule has 7 rings (SSSR count). The standard InChI is InChI=1S/C35H33N5O8/c1-17-12-19(6-7-26(17)41)30-20-8-11-39-34(45)38(35(46)40(39)24(20)14-21-27(42)13-18(2)32(43)31(21)30)10-9-22-33(44)37(3)25-16-29(48-5)28(47-4)15-23(25)36-22/h6-8,12-13,15-16,24,30,41H,9-11,14H2,1-5H3/t24-,30+/m1/s1. The van der Waals surface area contributed by atoms with Gasteiger partial charge in [-0.05, 0) is 42.7 Å². The van der Waals surface area contributed by atoms with Crippen molar-refractivity contribution in [2.75, 3.05) is 14.2 Å². The molecule has 13 nitrogen and oxygen atoms in total. The maximum Gasteiger partial charge on any atom is 0.347 e. The predicted molar refractivity (Wildman–Crippen MR) is 175 cm³/mol. The SMILES string of the molecule is COc1cc2nc(CCn3c(=O)n4n(c3=O)[C@@H]3CC5=C(C(=O)C(C)=CC5=O)[C@@H](c5ccc(O)c(C)c5)C3=CC4)c(=O)n(C)c2cc1OC. The highest BCUT2D eigenvalue weighted by atomic mass is 16.5. The van der Waals surface area contributed by atoms with Crippen LogP contribution in [0.5, 0.6) is 17.2 Å². The normalized spacial score (nSPS) is 18.7. The number of carbonyl (C=O) groups excluding carboxylic acids is 2. The van der Waals surface area contributed by atoms with Crippen LogP contribution in [0.15, 0.2) is 79.2 Å². The van der Waals surface area contributed by atoms with Gasteiger partial charge in [0.05, 0.1) is 37.8 Å². The molecule has 2 aromatic carbocycles. The van der Waals surface area contributed by atoms with E-state index in [0.717, 1.165) is 10.1 Å². The van der Waals surface area contributed by atoms with E-state index < -0.39 is 23.3 Å². The Labute approximate surface area is 273 Å². The quantitative estimate of drug-likeness (QED) is 0.244. The van der Waals surface area contributed by atoms with E-state index in [0.29, 0.717) is 50.4 Å². The van der Waals surface area contributed by atoms with Crippen molar-refractivity contribution in [3.8, 4) is 17.2 Å². The second kappa shape index (κ2) is 11.2. The van der Waals surface area contributed by atoms with Crippen molar-refractivity contribution < 1.29 is 24.2 Å². The van der Waals surface area contributed by atoms with Crippen molar-refractivity contribution in [3.63, 3.8) is 0 Å². The molecule has 3 aliphatic rings. The topological polar surface area (TPSA) is 157 Å². The third-order valence-electron chi connectivity index (χ3n) is 9.69. The molecule has 2 aliphatic carbocycles. The number of Topliss-reactive ketones (excluding diaryl/α,β-unsaturated/α-hetero) is 1. The summed E-state index contributed by atoms with van der Waals surface area (Å²) in [7, 11) is 4.61. The average molecular weight is 652 g/mol. The van der Waals surface area contributed by atoms with E-state index in [-0.39, 0.29) is 54.5 Å². The molecule has 3 heterocycles. The number of phenols is 1. The smallest absolute Gasteiger partial charge is 0.347 e. The molecule has 48 heavy (non-hydrogen) atoms. The monoisotopic (exact) mass is 651 g/mol. The predicted octanol–water partition coefficient (Wildman–Crippen LogP) is 2.40. The van der Waals surface area contributed by atoms with E-state index in [1.54, 1.807) is 51.2 Å². The molecule has 1 aliphatic heterocycles. The van der Waals surface area contributed by atoms with Gasteiger partial charge in [0.25, 0.3) is 5.56 Å². The van der Waals surface area contributed by atoms with Crippen molar-refractivity contribution in [1.82, 2.24) is 23.5 Å². The summed E-state index contributed by atoms with van der Waals surface area (Å²) in [6.07, 6.45) is 3.23. The summed E-state index contributed by atoms with van der Waals surface area (Å²) in [6, 6.07) is 7.65. The lowest BCUT2D eigenvalue weighted by atomic mass is 9.67. The Morgan fingerprint density at radius 2 is 1.71 bits per heavy atom. The van der Waals surface area contributed by atoms with Gasteiger partial charge in [-0.1, -0.05) is 18.2 Å². The van der Waals surface area contributed by atoms with Gasteiger partial charge >= 0.3 is 11.4 Å². The fourth-order valence-corrected chi connectivity index (χ4v) is 7.20. The highest BCUT2D eigenvalue weighted by molar-refractivity contribution is 6.23. The molecule has 246 valence electrons. The van der Waals surface area contributed by atoms with Gasteiger partial charge in [-0.15, -0.1) is 0 Å². The number of aromatic hydroxyl groups is 1. The van der Waals surface area contributed by atoms with E-state index in [9.17, 15) is 29.1 Å². The van der Waals surface area contributed by atoms with E-state index in [2.05, 4.69) is 4.98 Å². The van der Waals surface area contributed by atoms with Crippen molar-refractivity contribution >= 4 is 22.6 Å². The third-order valence-corrected chi connectivity index (χ3v) is 9.69. The second-order valence-electron chi connectivity index (χ2n) is 12.3. The van der Waals surface area contributed by atoms with Gasteiger partial charge in [0.15, 0.2) is 23.1 Å². The number of benzene rings is 2. The number of nitrogens with zero attached hydrogens (tertiary/aromatic N) is 5. The Balaban J connectivity index is 1.29. The number of fused-ring (bicyclic) bond motifs is 4. The molecule has 1 N–H and O–H groups in total. The summed E-state index contributed by atoms with van der Waals surface area (Å²) in [5.41, 5.74) is 2.68. The molecule has 0 spiro atoms. The van der Waals surface area contributed by atoms with Gasteiger partial charge in [0, 0.05) is 61.2 Å². The number of ketones is 2. The Hall–Kier alpha value is -5.72. The van der Waals surface area contributed by atoms with Gasteiger partial charge in [-0.2, -0.15) is 0 Å². The highest BCUT2D eigenvalue weighted by Gasteiger charge is 2.44. The summed E-state index contributed by atoms with van der Waals surface area (Å²) >= 11 is 0. The van der Waals surface area contributed by atoms with E-state index in [4.69, 9.17) is 9.47 Å². The molecular formula is C35H33N5O8. The molecule has 0 unspecified atom stereocenters. The van der Waals surface area contributed by atoms with Crippen molar-refractivity contribution in [3.05, 3.63) is 113 Å². The number of hydrogen-bond donors (Lipinski definition) is 1. The zero-order chi connectivity index (χ0) is 34.2. The van der Waals surface area contributed by atoms with Crippen LogP contribution >= 0.6 is 0 Å². The molecule has 0 saturated heterocycles. The number of carbonyl (C=O) groups is 2. The van der Waals surface area contributed by atoms with Crippen LogP contribution in [0.3, 0.4) is 0 Å². The van der Waals surface area contributed by atoms with Crippen LogP contribution < -0.4 is 26.4 Å². The first-order valence-electron chi connectivity index (χ1n) is 15.5. The number of allylic oxidation sites excluding steroid dienone is 6. The van der Waals surface area contributed by atoms with E-state index in [1.165, 1.54) is 34.2 Å². The first-order chi connectivity index (χ1) is 22.9. The number of methoxy groups -OCH3 is 2. The minimum atomic E-state index is -0.712. The minimum Gasteiger partial charge on any atom is -0.508 e.